The van der Waals surface area contributed by atoms with Crippen LogP contribution in [-0.2, 0) is 0 Å². The first-order chi connectivity index (χ1) is 8.61. The fourth-order valence-electron chi connectivity index (χ4n) is 2.52. The molecule has 1 aromatic carbocycles. The van der Waals surface area contributed by atoms with Crippen molar-refractivity contribution in [1.82, 2.24) is 4.90 Å². The van der Waals surface area contributed by atoms with Gasteiger partial charge >= 0.3 is 0 Å². The van der Waals surface area contributed by atoms with Crippen molar-refractivity contribution in [1.29, 1.82) is 0 Å². The van der Waals surface area contributed by atoms with Crippen molar-refractivity contribution in [2.24, 2.45) is 5.92 Å². The van der Waals surface area contributed by atoms with E-state index < -0.39 is 0 Å². The Morgan fingerprint density at radius 3 is 3.00 bits per heavy atom. The van der Waals surface area contributed by atoms with Gasteiger partial charge in [0.25, 0.3) is 5.91 Å². The first-order valence-electron chi connectivity index (χ1n) is 6.46. The molecular weight excluding hydrogens is 248 g/mol. The summed E-state index contributed by atoms with van der Waals surface area (Å²) >= 11 is 5.86. The van der Waals surface area contributed by atoms with Gasteiger partial charge in [-0.25, -0.2) is 0 Å². The first-order valence-corrected chi connectivity index (χ1v) is 6.84. The van der Waals surface area contributed by atoms with Crippen LogP contribution in [0.1, 0.15) is 36.5 Å². The van der Waals surface area contributed by atoms with E-state index in [4.69, 9.17) is 17.3 Å². The number of hydrogen-bond acceptors (Lipinski definition) is 2. The monoisotopic (exact) mass is 266 g/mol. The second-order valence-corrected chi connectivity index (χ2v) is 5.34. The normalized spacial score (nSPS) is 19.2. The molecule has 1 saturated heterocycles. The number of benzene rings is 1. The number of nitrogens with zero attached hydrogens (tertiary/aromatic N) is 1. The summed E-state index contributed by atoms with van der Waals surface area (Å²) in [5.74, 6) is 0.723. The number of amides is 1. The Labute approximate surface area is 113 Å². The summed E-state index contributed by atoms with van der Waals surface area (Å²) in [6.07, 6.45) is 3.50. The number of nitrogen functional groups attached to an aromatic ring is 1. The lowest BCUT2D eigenvalue weighted by atomic mass is 10.0. The van der Waals surface area contributed by atoms with E-state index in [-0.39, 0.29) is 5.91 Å². The molecule has 2 rings (SSSR count). The number of rotatable bonds is 3. The number of anilines is 1. The van der Waals surface area contributed by atoms with Gasteiger partial charge in [-0.2, -0.15) is 0 Å². The zero-order valence-electron chi connectivity index (χ0n) is 10.7. The molecule has 1 aliphatic heterocycles. The van der Waals surface area contributed by atoms with Crippen molar-refractivity contribution in [2.45, 2.75) is 26.2 Å². The topological polar surface area (TPSA) is 46.3 Å². The Hall–Kier alpha value is -1.22. The largest absolute Gasteiger partial charge is 0.398 e. The molecule has 1 aromatic rings. The van der Waals surface area contributed by atoms with E-state index in [2.05, 4.69) is 6.92 Å². The maximum atomic E-state index is 12.3. The molecule has 1 fully saturated rings. The maximum Gasteiger partial charge on any atom is 0.253 e. The van der Waals surface area contributed by atoms with Gasteiger partial charge in [0.2, 0.25) is 0 Å². The summed E-state index contributed by atoms with van der Waals surface area (Å²) < 4.78 is 0. The number of nitrogens with two attached hydrogens (primary N) is 1. The van der Waals surface area contributed by atoms with Gasteiger partial charge in [-0.15, -0.1) is 0 Å². The Morgan fingerprint density at radius 1 is 1.56 bits per heavy atom. The molecule has 0 radical (unpaired) electrons. The summed E-state index contributed by atoms with van der Waals surface area (Å²) in [4.78, 5) is 14.2. The van der Waals surface area contributed by atoms with Crippen LogP contribution in [0.3, 0.4) is 0 Å². The van der Waals surface area contributed by atoms with Gasteiger partial charge in [0, 0.05) is 18.7 Å². The summed E-state index contributed by atoms with van der Waals surface area (Å²) in [7, 11) is 0. The van der Waals surface area contributed by atoms with E-state index in [1.807, 2.05) is 4.90 Å². The zero-order valence-corrected chi connectivity index (χ0v) is 11.4. The van der Waals surface area contributed by atoms with Gasteiger partial charge < -0.3 is 10.6 Å². The molecule has 1 aliphatic rings. The molecule has 0 spiro atoms. The van der Waals surface area contributed by atoms with Gasteiger partial charge in [-0.05, 0) is 37.0 Å². The SMILES string of the molecule is CCCC1CCN(C(=O)c2ccc(Cl)c(N)c2)C1. The van der Waals surface area contributed by atoms with Crippen LogP contribution in [0.2, 0.25) is 5.02 Å². The van der Waals surface area contributed by atoms with Crippen molar-refractivity contribution in [3.63, 3.8) is 0 Å². The smallest absolute Gasteiger partial charge is 0.253 e. The average molecular weight is 267 g/mol. The number of halogens is 1. The molecule has 0 aliphatic carbocycles. The van der Waals surface area contributed by atoms with Gasteiger partial charge in [-0.3, -0.25) is 4.79 Å². The van der Waals surface area contributed by atoms with Crippen LogP contribution >= 0.6 is 11.6 Å². The molecule has 0 saturated carbocycles. The van der Waals surface area contributed by atoms with Crippen molar-refractivity contribution < 1.29 is 4.79 Å². The minimum Gasteiger partial charge on any atom is -0.398 e. The van der Waals surface area contributed by atoms with E-state index in [1.165, 1.54) is 12.8 Å². The average Bonchev–Trinajstić information content (AvgIpc) is 2.81. The molecule has 0 bridgehead atoms. The van der Waals surface area contributed by atoms with Gasteiger partial charge in [-0.1, -0.05) is 24.9 Å². The summed E-state index contributed by atoms with van der Waals surface area (Å²) in [6, 6.07) is 5.09. The Bertz CT molecular complexity index is 447. The van der Waals surface area contributed by atoms with Crippen LogP contribution in [0.25, 0.3) is 0 Å². The highest BCUT2D eigenvalue weighted by Gasteiger charge is 2.26. The molecule has 98 valence electrons. The van der Waals surface area contributed by atoms with Crippen LogP contribution < -0.4 is 5.73 Å². The van der Waals surface area contributed by atoms with Crippen molar-refractivity contribution >= 4 is 23.2 Å². The highest BCUT2D eigenvalue weighted by Crippen LogP contribution is 2.25. The lowest BCUT2D eigenvalue weighted by Gasteiger charge is -2.17. The van der Waals surface area contributed by atoms with E-state index in [0.717, 1.165) is 19.5 Å². The summed E-state index contributed by atoms with van der Waals surface area (Å²) in [6.45, 7) is 3.91. The third kappa shape index (κ3) is 2.78. The molecule has 2 N–H and O–H groups in total. The summed E-state index contributed by atoms with van der Waals surface area (Å²) in [5, 5.41) is 0.497. The Balaban J connectivity index is 2.05. The minimum absolute atomic E-state index is 0.0666. The maximum absolute atomic E-state index is 12.3. The predicted molar refractivity (Wildman–Crippen MR) is 74.8 cm³/mol. The van der Waals surface area contributed by atoms with Crippen molar-refractivity contribution in [3.8, 4) is 0 Å². The third-order valence-corrected chi connectivity index (χ3v) is 3.86. The van der Waals surface area contributed by atoms with E-state index in [1.54, 1.807) is 18.2 Å². The molecule has 1 heterocycles. The number of carbonyl (C=O) groups is 1. The van der Waals surface area contributed by atoms with E-state index in [0.29, 0.717) is 22.2 Å². The minimum atomic E-state index is 0.0666. The van der Waals surface area contributed by atoms with E-state index >= 15 is 0 Å². The Kier molecular flexibility index (Phi) is 4.12. The fraction of sp³-hybridized carbons (Fsp3) is 0.500. The van der Waals surface area contributed by atoms with Crippen molar-refractivity contribution in [3.05, 3.63) is 28.8 Å². The van der Waals surface area contributed by atoms with E-state index in [9.17, 15) is 4.79 Å². The van der Waals surface area contributed by atoms with Crippen LogP contribution in [-0.4, -0.2) is 23.9 Å². The van der Waals surface area contributed by atoms with Crippen LogP contribution in [0.15, 0.2) is 18.2 Å². The Morgan fingerprint density at radius 2 is 2.33 bits per heavy atom. The number of likely N-dealkylation sites (tertiary alicyclic amines) is 1. The second kappa shape index (κ2) is 5.61. The van der Waals surface area contributed by atoms with Gasteiger partial charge in [0.15, 0.2) is 0 Å². The molecule has 1 atom stereocenters. The molecule has 4 heteroatoms. The lowest BCUT2D eigenvalue weighted by Crippen LogP contribution is -2.28. The van der Waals surface area contributed by atoms with Gasteiger partial charge in [0.05, 0.1) is 10.7 Å². The summed E-state index contributed by atoms with van der Waals surface area (Å²) in [5.41, 5.74) is 6.83. The lowest BCUT2D eigenvalue weighted by molar-refractivity contribution is 0.0786. The third-order valence-electron chi connectivity index (χ3n) is 3.51. The van der Waals surface area contributed by atoms with Crippen LogP contribution in [0, 0.1) is 5.92 Å². The van der Waals surface area contributed by atoms with Crippen LogP contribution in [0.5, 0.6) is 0 Å². The highest BCUT2D eigenvalue weighted by atomic mass is 35.5. The highest BCUT2D eigenvalue weighted by molar-refractivity contribution is 6.33. The predicted octanol–water partition coefficient (Wildman–Crippen LogP) is 3.18. The molecule has 1 amide bonds. The standard InChI is InChI=1S/C14H19ClN2O/c1-2-3-10-6-7-17(9-10)14(18)11-4-5-12(15)13(16)8-11/h4-5,8,10H,2-3,6-7,9,16H2,1H3. The van der Waals surface area contributed by atoms with Crippen molar-refractivity contribution in [2.75, 3.05) is 18.8 Å². The van der Waals surface area contributed by atoms with Crippen LogP contribution in [0.4, 0.5) is 5.69 Å². The second-order valence-electron chi connectivity index (χ2n) is 4.93. The molecule has 18 heavy (non-hydrogen) atoms. The zero-order chi connectivity index (χ0) is 13.1. The molecule has 0 aromatic heterocycles. The van der Waals surface area contributed by atoms with Gasteiger partial charge in [0.1, 0.15) is 0 Å². The first kappa shape index (κ1) is 13.2. The fourth-order valence-corrected chi connectivity index (χ4v) is 2.64. The number of hydrogen-bond donors (Lipinski definition) is 1. The molecule has 3 nitrogen and oxygen atoms in total. The quantitative estimate of drug-likeness (QED) is 0.854. The molecular formula is C14H19ClN2O. The molecule has 1 unspecified atom stereocenters. The number of carbonyl (C=O) groups excluding carboxylic acids is 1.